The molecule has 0 aromatic rings. The van der Waals surface area contributed by atoms with Crippen LogP contribution in [-0.2, 0) is 4.79 Å². The van der Waals surface area contributed by atoms with Crippen LogP contribution >= 0.6 is 0 Å². The summed E-state index contributed by atoms with van der Waals surface area (Å²) in [5.74, 6) is 0.167. The molecule has 4 nitrogen and oxygen atoms in total. The summed E-state index contributed by atoms with van der Waals surface area (Å²) in [7, 11) is 0. The highest BCUT2D eigenvalue weighted by Gasteiger charge is 2.38. The van der Waals surface area contributed by atoms with E-state index < -0.39 is 0 Å². The lowest BCUT2D eigenvalue weighted by Crippen LogP contribution is -2.53. The topological polar surface area (TPSA) is 53.2 Å². The van der Waals surface area contributed by atoms with Crippen molar-refractivity contribution in [2.24, 2.45) is 0 Å². The zero-order chi connectivity index (χ0) is 11.1. The summed E-state index contributed by atoms with van der Waals surface area (Å²) in [4.78, 5) is 12.0. The van der Waals surface area contributed by atoms with Gasteiger partial charge in [-0.05, 0) is 32.4 Å². The smallest absolute Gasteiger partial charge is 0.240 e. The number of amides is 1. The minimum absolute atomic E-state index is 0.167. The van der Waals surface area contributed by atoms with Crippen LogP contribution in [0.15, 0.2) is 0 Å². The van der Waals surface area contributed by atoms with Crippen molar-refractivity contribution in [1.82, 2.24) is 16.0 Å². The lowest BCUT2D eigenvalue weighted by atomic mass is 9.93. The van der Waals surface area contributed by atoms with Crippen molar-refractivity contribution in [3.8, 4) is 0 Å². The van der Waals surface area contributed by atoms with Crippen LogP contribution in [0.3, 0.4) is 0 Å². The lowest BCUT2D eigenvalue weighted by molar-refractivity contribution is -0.127. The first kappa shape index (κ1) is 12.5. The van der Waals surface area contributed by atoms with E-state index in [1.807, 2.05) is 0 Å². The van der Waals surface area contributed by atoms with Crippen molar-refractivity contribution < 1.29 is 4.79 Å². The standard InChI is InChI=1S/C11H23N3O/c1-3-11(6-5-7-14-11)10(15)13-9-8-12-4-2/h12,14H,3-9H2,1-2H3,(H,13,15). The normalized spacial score (nSPS) is 25.5. The largest absolute Gasteiger partial charge is 0.353 e. The third-order valence-corrected chi connectivity index (χ3v) is 3.12. The molecule has 0 aromatic carbocycles. The Balaban J connectivity index is 2.31. The molecule has 3 N–H and O–H groups in total. The summed E-state index contributed by atoms with van der Waals surface area (Å²) in [5, 5.41) is 9.50. The zero-order valence-electron chi connectivity index (χ0n) is 9.86. The van der Waals surface area contributed by atoms with Gasteiger partial charge in [-0.15, -0.1) is 0 Å². The van der Waals surface area contributed by atoms with Gasteiger partial charge in [0.25, 0.3) is 0 Å². The van der Waals surface area contributed by atoms with Gasteiger partial charge >= 0.3 is 0 Å². The van der Waals surface area contributed by atoms with Gasteiger partial charge in [0, 0.05) is 13.1 Å². The summed E-state index contributed by atoms with van der Waals surface area (Å²) in [6, 6.07) is 0. The summed E-state index contributed by atoms with van der Waals surface area (Å²) in [6.07, 6.45) is 2.95. The Morgan fingerprint density at radius 3 is 2.73 bits per heavy atom. The van der Waals surface area contributed by atoms with Crippen molar-refractivity contribution in [2.45, 2.75) is 38.6 Å². The van der Waals surface area contributed by atoms with E-state index in [1.54, 1.807) is 0 Å². The summed E-state index contributed by atoms with van der Waals surface area (Å²) < 4.78 is 0. The van der Waals surface area contributed by atoms with Crippen LogP contribution in [0.1, 0.15) is 33.1 Å². The van der Waals surface area contributed by atoms with Crippen LogP contribution in [0.4, 0.5) is 0 Å². The molecular weight excluding hydrogens is 190 g/mol. The number of hydrogen-bond donors (Lipinski definition) is 3. The van der Waals surface area contributed by atoms with Crippen molar-refractivity contribution in [2.75, 3.05) is 26.2 Å². The van der Waals surface area contributed by atoms with Crippen molar-refractivity contribution in [1.29, 1.82) is 0 Å². The number of likely N-dealkylation sites (N-methyl/N-ethyl adjacent to an activating group) is 1. The Bertz CT molecular complexity index is 200. The molecule has 0 aromatic heterocycles. The fourth-order valence-corrected chi connectivity index (χ4v) is 2.07. The second kappa shape index (κ2) is 6.08. The second-order valence-corrected chi connectivity index (χ2v) is 4.08. The van der Waals surface area contributed by atoms with E-state index in [0.29, 0.717) is 0 Å². The summed E-state index contributed by atoms with van der Waals surface area (Å²) in [5.41, 5.74) is -0.286. The SMILES string of the molecule is CCNCCNC(=O)C1(CC)CCCN1. The third-order valence-electron chi connectivity index (χ3n) is 3.12. The molecule has 1 rings (SSSR count). The minimum Gasteiger partial charge on any atom is -0.353 e. The maximum Gasteiger partial charge on any atom is 0.240 e. The first-order valence-corrected chi connectivity index (χ1v) is 5.99. The predicted octanol–water partition coefficient (Wildman–Crippen LogP) is 0.244. The van der Waals surface area contributed by atoms with Gasteiger partial charge in [0.15, 0.2) is 0 Å². The van der Waals surface area contributed by atoms with Gasteiger partial charge in [0.05, 0.1) is 5.54 Å². The first-order chi connectivity index (χ1) is 7.25. The van der Waals surface area contributed by atoms with Crippen LogP contribution < -0.4 is 16.0 Å². The Kier molecular flexibility index (Phi) is 5.05. The van der Waals surface area contributed by atoms with E-state index in [1.165, 1.54) is 0 Å². The number of carbonyl (C=O) groups excluding carboxylic acids is 1. The molecule has 15 heavy (non-hydrogen) atoms. The fraction of sp³-hybridized carbons (Fsp3) is 0.909. The van der Waals surface area contributed by atoms with Crippen molar-refractivity contribution >= 4 is 5.91 Å². The molecule has 1 heterocycles. The molecule has 1 amide bonds. The van der Waals surface area contributed by atoms with Crippen LogP contribution in [0.25, 0.3) is 0 Å². The van der Waals surface area contributed by atoms with Gasteiger partial charge in [0.2, 0.25) is 5.91 Å². The number of carbonyl (C=O) groups is 1. The Morgan fingerprint density at radius 2 is 2.20 bits per heavy atom. The number of nitrogens with one attached hydrogen (secondary N) is 3. The molecule has 0 radical (unpaired) electrons. The highest BCUT2D eigenvalue weighted by atomic mass is 16.2. The molecule has 1 aliphatic heterocycles. The molecule has 1 atom stereocenters. The van der Waals surface area contributed by atoms with Crippen molar-refractivity contribution in [3.63, 3.8) is 0 Å². The molecule has 1 fully saturated rings. The van der Waals surface area contributed by atoms with Gasteiger partial charge in [-0.1, -0.05) is 13.8 Å². The van der Waals surface area contributed by atoms with E-state index in [4.69, 9.17) is 0 Å². The molecule has 4 heteroatoms. The number of hydrogen-bond acceptors (Lipinski definition) is 3. The highest BCUT2D eigenvalue weighted by molar-refractivity contribution is 5.86. The average molecular weight is 213 g/mol. The van der Waals surface area contributed by atoms with E-state index >= 15 is 0 Å². The zero-order valence-corrected chi connectivity index (χ0v) is 9.86. The van der Waals surface area contributed by atoms with E-state index in [2.05, 4.69) is 29.8 Å². The molecule has 1 unspecified atom stereocenters. The minimum atomic E-state index is -0.286. The maximum absolute atomic E-state index is 12.0. The first-order valence-electron chi connectivity index (χ1n) is 5.99. The third kappa shape index (κ3) is 3.18. The second-order valence-electron chi connectivity index (χ2n) is 4.08. The van der Waals surface area contributed by atoms with Crippen LogP contribution in [0.2, 0.25) is 0 Å². The van der Waals surface area contributed by atoms with Crippen molar-refractivity contribution in [3.05, 3.63) is 0 Å². The maximum atomic E-state index is 12.0. The van der Waals surface area contributed by atoms with Gasteiger partial charge in [0.1, 0.15) is 0 Å². The quantitative estimate of drug-likeness (QED) is 0.554. The van der Waals surface area contributed by atoms with Crippen LogP contribution in [-0.4, -0.2) is 37.6 Å². The molecule has 88 valence electrons. The van der Waals surface area contributed by atoms with Gasteiger partial charge in [-0.25, -0.2) is 0 Å². The van der Waals surface area contributed by atoms with Gasteiger partial charge in [-0.2, -0.15) is 0 Å². The number of rotatable bonds is 6. The molecule has 0 bridgehead atoms. The molecule has 0 spiro atoms. The molecule has 0 saturated carbocycles. The monoisotopic (exact) mass is 213 g/mol. The summed E-state index contributed by atoms with van der Waals surface area (Å²) in [6.45, 7) is 7.62. The molecular formula is C11H23N3O. The summed E-state index contributed by atoms with van der Waals surface area (Å²) >= 11 is 0. The van der Waals surface area contributed by atoms with Gasteiger partial charge in [-0.3, -0.25) is 4.79 Å². The molecule has 1 aliphatic rings. The highest BCUT2D eigenvalue weighted by Crippen LogP contribution is 2.22. The molecule has 1 saturated heterocycles. The Hall–Kier alpha value is -0.610. The molecule has 0 aliphatic carbocycles. The van der Waals surface area contributed by atoms with Gasteiger partial charge < -0.3 is 16.0 Å². The van der Waals surface area contributed by atoms with E-state index in [0.717, 1.165) is 45.4 Å². The predicted molar refractivity (Wildman–Crippen MR) is 61.8 cm³/mol. The average Bonchev–Trinajstić information content (AvgIpc) is 2.74. The van der Waals surface area contributed by atoms with E-state index in [-0.39, 0.29) is 11.4 Å². The van der Waals surface area contributed by atoms with E-state index in [9.17, 15) is 4.79 Å². The lowest BCUT2D eigenvalue weighted by Gasteiger charge is -2.26. The Morgan fingerprint density at radius 1 is 1.40 bits per heavy atom. The Labute approximate surface area is 92.2 Å². The van der Waals surface area contributed by atoms with Crippen LogP contribution in [0.5, 0.6) is 0 Å². The fourth-order valence-electron chi connectivity index (χ4n) is 2.07. The van der Waals surface area contributed by atoms with Crippen LogP contribution in [0, 0.1) is 0 Å².